The van der Waals surface area contributed by atoms with Crippen molar-refractivity contribution < 1.29 is 4.79 Å². The van der Waals surface area contributed by atoms with Gasteiger partial charge in [0.05, 0.1) is 11.7 Å². The van der Waals surface area contributed by atoms with Gasteiger partial charge in [-0.1, -0.05) is 90.5 Å². The van der Waals surface area contributed by atoms with E-state index in [-0.39, 0.29) is 5.78 Å². The minimum Gasteiger partial charge on any atom is -0.349 e. The van der Waals surface area contributed by atoms with Gasteiger partial charge in [-0.05, 0) is 24.3 Å². The molecule has 0 unspecified atom stereocenters. The van der Waals surface area contributed by atoms with E-state index in [0.29, 0.717) is 6.54 Å². The predicted molar refractivity (Wildman–Crippen MR) is 130 cm³/mol. The molecular formula is C27H28N2OS. The second-order valence-corrected chi connectivity index (χ2v) is 8.78. The summed E-state index contributed by atoms with van der Waals surface area (Å²) in [7, 11) is 0. The number of carbonyl (C=O) groups excluding carboxylic acids is 1. The maximum absolute atomic E-state index is 13.6. The molecule has 0 atom stereocenters. The van der Waals surface area contributed by atoms with Crippen LogP contribution < -0.4 is 0 Å². The zero-order valence-corrected chi connectivity index (χ0v) is 18.9. The van der Waals surface area contributed by atoms with Crippen molar-refractivity contribution in [3.05, 3.63) is 118 Å². The van der Waals surface area contributed by atoms with Gasteiger partial charge in [0.2, 0.25) is 0 Å². The Bertz CT molecular complexity index is 1050. The Labute approximate surface area is 189 Å². The van der Waals surface area contributed by atoms with Gasteiger partial charge in [-0.15, -0.1) is 11.8 Å². The summed E-state index contributed by atoms with van der Waals surface area (Å²) < 4.78 is 0. The van der Waals surface area contributed by atoms with E-state index in [1.54, 1.807) is 11.8 Å². The Morgan fingerprint density at radius 1 is 0.839 bits per heavy atom. The number of rotatable bonds is 7. The first-order valence-corrected chi connectivity index (χ1v) is 11.8. The van der Waals surface area contributed by atoms with Crippen LogP contribution >= 0.6 is 11.8 Å². The Balaban J connectivity index is 1.68. The SMILES string of the molecule is CSC1=C(C(=O)c2ccc(C)cc2)CN(Cc2ccccc2)CN1Cc1ccccc1. The fraction of sp³-hybridized carbons (Fsp3) is 0.222. The maximum Gasteiger partial charge on any atom is 0.192 e. The Hall–Kier alpha value is -2.82. The first kappa shape index (κ1) is 21.4. The van der Waals surface area contributed by atoms with Crippen LogP contribution in [-0.2, 0) is 13.1 Å². The first-order valence-electron chi connectivity index (χ1n) is 10.6. The molecule has 1 heterocycles. The quantitative estimate of drug-likeness (QED) is 0.449. The monoisotopic (exact) mass is 428 g/mol. The molecule has 158 valence electrons. The highest BCUT2D eigenvalue weighted by atomic mass is 32.2. The second-order valence-electron chi connectivity index (χ2n) is 7.98. The summed E-state index contributed by atoms with van der Waals surface area (Å²) in [6, 6.07) is 28.9. The zero-order valence-electron chi connectivity index (χ0n) is 18.1. The van der Waals surface area contributed by atoms with Gasteiger partial charge >= 0.3 is 0 Å². The molecule has 3 aromatic carbocycles. The smallest absolute Gasteiger partial charge is 0.192 e. The van der Waals surface area contributed by atoms with E-state index in [1.807, 2.05) is 43.3 Å². The third-order valence-corrected chi connectivity index (χ3v) is 6.44. The molecule has 0 radical (unpaired) electrons. The van der Waals surface area contributed by atoms with Crippen LogP contribution in [0.25, 0.3) is 0 Å². The molecule has 4 rings (SSSR count). The number of Topliss-reactive ketones (excluding diaryl/α,β-unsaturated/α-hetero) is 1. The topological polar surface area (TPSA) is 23.6 Å². The maximum atomic E-state index is 13.6. The molecule has 0 saturated carbocycles. The summed E-state index contributed by atoms with van der Waals surface area (Å²) in [5.41, 5.74) is 5.31. The summed E-state index contributed by atoms with van der Waals surface area (Å²) in [5.74, 6) is 0.125. The molecule has 0 N–H and O–H groups in total. The molecule has 31 heavy (non-hydrogen) atoms. The van der Waals surface area contributed by atoms with Gasteiger partial charge < -0.3 is 4.90 Å². The predicted octanol–water partition coefficient (Wildman–Crippen LogP) is 5.73. The van der Waals surface area contributed by atoms with E-state index < -0.39 is 0 Å². The van der Waals surface area contributed by atoms with Crippen LogP contribution in [0.4, 0.5) is 0 Å². The lowest BCUT2D eigenvalue weighted by Gasteiger charge is -2.39. The van der Waals surface area contributed by atoms with E-state index >= 15 is 0 Å². The molecule has 0 bridgehead atoms. The lowest BCUT2D eigenvalue weighted by atomic mass is 10.0. The Morgan fingerprint density at radius 3 is 2.00 bits per heavy atom. The molecule has 0 spiro atoms. The summed E-state index contributed by atoms with van der Waals surface area (Å²) >= 11 is 1.67. The molecule has 3 nitrogen and oxygen atoms in total. The highest BCUT2D eigenvalue weighted by Crippen LogP contribution is 2.31. The fourth-order valence-electron chi connectivity index (χ4n) is 4.01. The average molecular weight is 429 g/mol. The van der Waals surface area contributed by atoms with Crippen molar-refractivity contribution in [3.63, 3.8) is 0 Å². The number of hydrogen-bond donors (Lipinski definition) is 0. The zero-order chi connectivity index (χ0) is 21.6. The van der Waals surface area contributed by atoms with E-state index in [0.717, 1.165) is 41.5 Å². The molecule has 1 aliphatic rings. The van der Waals surface area contributed by atoms with Crippen molar-refractivity contribution in [1.82, 2.24) is 9.80 Å². The van der Waals surface area contributed by atoms with Crippen molar-refractivity contribution in [2.24, 2.45) is 0 Å². The lowest BCUT2D eigenvalue weighted by molar-refractivity contribution is 0.0969. The van der Waals surface area contributed by atoms with E-state index in [1.165, 1.54) is 11.1 Å². The summed E-state index contributed by atoms with van der Waals surface area (Å²) in [4.78, 5) is 18.3. The summed E-state index contributed by atoms with van der Waals surface area (Å²) in [5, 5.41) is 1.08. The molecule has 0 fully saturated rings. The van der Waals surface area contributed by atoms with Crippen molar-refractivity contribution in [2.75, 3.05) is 19.5 Å². The van der Waals surface area contributed by atoms with Crippen LogP contribution in [0.1, 0.15) is 27.0 Å². The Morgan fingerprint density at radius 2 is 1.42 bits per heavy atom. The molecule has 4 heteroatoms. The van der Waals surface area contributed by atoms with Crippen LogP contribution in [0.3, 0.4) is 0 Å². The van der Waals surface area contributed by atoms with Gasteiger partial charge in [0.25, 0.3) is 0 Å². The molecule has 0 aromatic heterocycles. The highest BCUT2D eigenvalue weighted by molar-refractivity contribution is 8.02. The highest BCUT2D eigenvalue weighted by Gasteiger charge is 2.29. The standard InChI is InChI=1S/C27H28N2OS/c1-21-13-15-24(16-14-21)26(30)25-19-28(17-22-9-5-3-6-10-22)20-29(27(25)31-2)18-23-11-7-4-8-12-23/h3-16H,17-20H2,1-2H3. The van der Waals surface area contributed by atoms with Crippen molar-refractivity contribution in [2.45, 2.75) is 20.0 Å². The minimum atomic E-state index is 0.125. The number of aryl methyl sites for hydroxylation is 1. The number of carbonyl (C=O) groups is 1. The number of ketones is 1. The molecule has 3 aromatic rings. The fourth-order valence-corrected chi connectivity index (χ4v) is 4.80. The number of benzene rings is 3. The van der Waals surface area contributed by atoms with Crippen LogP contribution in [0.15, 0.2) is 95.5 Å². The first-order chi connectivity index (χ1) is 15.1. The van der Waals surface area contributed by atoms with Gasteiger partial charge in [0, 0.05) is 30.8 Å². The largest absolute Gasteiger partial charge is 0.349 e. The van der Waals surface area contributed by atoms with Gasteiger partial charge in [-0.3, -0.25) is 9.69 Å². The average Bonchev–Trinajstić information content (AvgIpc) is 2.80. The number of nitrogens with zero attached hydrogens (tertiary/aromatic N) is 2. The molecule has 1 aliphatic heterocycles. The normalized spacial score (nSPS) is 14.7. The lowest BCUT2D eigenvalue weighted by Crippen LogP contribution is -2.43. The molecule has 0 amide bonds. The van der Waals surface area contributed by atoms with Gasteiger partial charge in [0.1, 0.15) is 0 Å². The third-order valence-electron chi connectivity index (χ3n) is 5.54. The Kier molecular flexibility index (Phi) is 6.90. The van der Waals surface area contributed by atoms with Gasteiger partial charge in [0.15, 0.2) is 5.78 Å². The van der Waals surface area contributed by atoms with Crippen LogP contribution in [0, 0.1) is 6.92 Å². The van der Waals surface area contributed by atoms with E-state index in [4.69, 9.17) is 0 Å². The van der Waals surface area contributed by atoms with Crippen LogP contribution in [0.5, 0.6) is 0 Å². The number of thioether (sulfide) groups is 1. The van der Waals surface area contributed by atoms with Gasteiger partial charge in [-0.2, -0.15) is 0 Å². The third kappa shape index (κ3) is 5.27. The summed E-state index contributed by atoms with van der Waals surface area (Å²) in [6.45, 7) is 5.10. The van der Waals surface area contributed by atoms with Crippen LogP contribution in [-0.4, -0.2) is 35.1 Å². The van der Waals surface area contributed by atoms with Crippen molar-refractivity contribution >= 4 is 17.5 Å². The summed E-state index contributed by atoms with van der Waals surface area (Å²) in [6.07, 6.45) is 2.07. The van der Waals surface area contributed by atoms with Gasteiger partial charge in [-0.25, -0.2) is 0 Å². The van der Waals surface area contributed by atoms with E-state index in [2.05, 4.69) is 64.6 Å². The molecule has 0 saturated heterocycles. The molecule has 0 aliphatic carbocycles. The van der Waals surface area contributed by atoms with Crippen LogP contribution in [0.2, 0.25) is 0 Å². The van der Waals surface area contributed by atoms with E-state index in [9.17, 15) is 4.79 Å². The molecular weight excluding hydrogens is 400 g/mol. The van der Waals surface area contributed by atoms with Crippen molar-refractivity contribution in [3.8, 4) is 0 Å². The minimum absolute atomic E-state index is 0.125. The second kappa shape index (κ2) is 9.99. The van der Waals surface area contributed by atoms with Crippen molar-refractivity contribution in [1.29, 1.82) is 0 Å². The number of hydrogen-bond acceptors (Lipinski definition) is 4.